The normalized spacial score (nSPS) is 10.5. The van der Waals surface area contributed by atoms with E-state index in [1.165, 1.54) is 11.1 Å². The highest BCUT2D eigenvalue weighted by Crippen LogP contribution is 2.31. The summed E-state index contributed by atoms with van der Waals surface area (Å²) >= 11 is 0. The molecule has 0 bridgehead atoms. The van der Waals surface area contributed by atoms with Crippen LogP contribution >= 0.6 is 0 Å². The van der Waals surface area contributed by atoms with Crippen molar-refractivity contribution in [1.29, 1.82) is 0 Å². The minimum atomic E-state index is 0.767. The van der Waals surface area contributed by atoms with Crippen molar-refractivity contribution in [2.45, 2.75) is 19.8 Å². The van der Waals surface area contributed by atoms with E-state index in [9.17, 15) is 0 Å². The summed E-state index contributed by atoms with van der Waals surface area (Å²) in [5.41, 5.74) is 5.77. The van der Waals surface area contributed by atoms with Crippen LogP contribution in [0.15, 0.2) is 61.1 Å². The highest BCUT2D eigenvalue weighted by molar-refractivity contribution is 5.71. The standard InChI is InChI=1S/C20H20N2O/c1-3-15-6-8-16(9-7-15)13-19-17(5-4-11-22-19)18-10-12-21-14-20(18)23-2/h4-12,14H,3,13H2,1-2H3. The van der Waals surface area contributed by atoms with Crippen LogP contribution in [0.4, 0.5) is 0 Å². The molecule has 2 heterocycles. The molecule has 0 saturated carbocycles. The fourth-order valence-electron chi connectivity index (χ4n) is 2.68. The molecule has 1 aromatic carbocycles. The molecule has 0 saturated heterocycles. The van der Waals surface area contributed by atoms with Crippen molar-refractivity contribution in [1.82, 2.24) is 9.97 Å². The molecule has 3 nitrogen and oxygen atoms in total. The Labute approximate surface area is 137 Å². The summed E-state index contributed by atoms with van der Waals surface area (Å²) in [5, 5.41) is 0. The molecule has 0 unspecified atom stereocenters. The number of hydrogen-bond donors (Lipinski definition) is 0. The minimum absolute atomic E-state index is 0.767. The number of hydrogen-bond acceptors (Lipinski definition) is 3. The second-order valence-corrected chi connectivity index (χ2v) is 5.42. The topological polar surface area (TPSA) is 35.0 Å². The van der Waals surface area contributed by atoms with Gasteiger partial charge in [-0.15, -0.1) is 0 Å². The monoisotopic (exact) mass is 304 g/mol. The lowest BCUT2D eigenvalue weighted by Gasteiger charge is -2.12. The maximum absolute atomic E-state index is 5.44. The summed E-state index contributed by atoms with van der Waals surface area (Å²) in [7, 11) is 1.67. The Hall–Kier alpha value is -2.68. The third-order valence-electron chi connectivity index (χ3n) is 3.99. The maximum Gasteiger partial charge on any atom is 0.145 e. The number of rotatable bonds is 5. The van der Waals surface area contributed by atoms with Gasteiger partial charge in [-0.1, -0.05) is 37.3 Å². The quantitative estimate of drug-likeness (QED) is 0.704. The van der Waals surface area contributed by atoms with Crippen LogP contribution in [0.25, 0.3) is 11.1 Å². The van der Waals surface area contributed by atoms with E-state index in [0.29, 0.717) is 0 Å². The largest absolute Gasteiger partial charge is 0.494 e. The first kappa shape index (κ1) is 15.2. The van der Waals surface area contributed by atoms with Gasteiger partial charge >= 0.3 is 0 Å². The zero-order valence-corrected chi connectivity index (χ0v) is 13.5. The molecule has 0 aliphatic rings. The first-order valence-electron chi connectivity index (χ1n) is 7.82. The van der Waals surface area contributed by atoms with Gasteiger partial charge in [0, 0.05) is 29.9 Å². The van der Waals surface area contributed by atoms with E-state index in [0.717, 1.165) is 35.4 Å². The Morgan fingerprint density at radius 1 is 0.913 bits per heavy atom. The van der Waals surface area contributed by atoms with Gasteiger partial charge < -0.3 is 4.74 Å². The first-order valence-corrected chi connectivity index (χ1v) is 7.82. The fraction of sp³-hybridized carbons (Fsp3) is 0.200. The second kappa shape index (κ2) is 7.05. The van der Waals surface area contributed by atoms with Gasteiger partial charge in [-0.05, 0) is 29.7 Å². The smallest absolute Gasteiger partial charge is 0.145 e. The highest BCUT2D eigenvalue weighted by Gasteiger charge is 2.11. The van der Waals surface area contributed by atoms with Gasteiger partial charge in [-0.25, -0.2) is 0 Å². The third kappa shape index (κ3) is 3.39. The minimum Gasteiger partial charge on any atom is -0.494 e. The summed E-state index contributed by atoms with van der Waals surface area (Å²) in [6.07, 6.45) is 7.22. The lowest BCUT2D eigenvalue weighted by atomic mass is 9.99. The molecule has 0 atom stereocenters. The predicted octanol–water partition coefficient (Wildman–Crippen LogP) is 4.31. The molecule has 0 amide bonds. The van der Waals surface area contributed by atoms with Crippen LogP contribution in [0.1, 0.15) is 23.7 Å². The molecule has 0 radical (unpaired) electrons. The zero-order chi connectivity index (χ0) is 16.1. The number of methoxy groups -OCH3 is 1. The number of nitrogens with zero attached hydrogens (tertiary/aromatic N) is 2. The number of ether oxygens (including phenoxy) is 1. The summed E-state index contributed by atoms with van der Waals surface area (Å²) in [4.78, 5) is 8.72. The lowest BCUT2D eigenvalue weighted by Crippen LogP contribution is -1.98. The maximum atomic E-state index is 5.44. The molecule has 3 aromatic rings. The van der Waals surface area contributed by atoms with Gasteiger partial charge in [0.15, 0.2) is 0 Å². The van der Waals surface area contributed by atoms with Crippen LogP contribution in [0.5, 0.6) is 5.75 Å². The molecular formula is C20H20N2O. The van der Waals surface area contributed by atoms with Crippen LogP contribution in [-0.4, -0.2) is 17.1 Å². The molecule has 23 heavy (non-hydrogen) atoms. The Bertz CT molecular complexity index is 782. The van der Waals surface area contributed by atoms with Crippen molar-refractivity contribution in [3.05, 3.63) is 77.9 Å². The fourth-order valence-corrected chi connectivity index (χ4v) is 2.68. The predicted molar refractivity (Wildman–Crippen MR) is 92.6 cm³/mol. The van der Waals surface area contributed by atoms with Crippen LogP contribution in [0.2, 0.25) is 0 Å². The molecule has 0 spiro atoms. The van der Waals surface area contributed by atoms with Gasteiger partial charge in [0.25, 0.3) is 0 Å². The molecule has 116 valence electrons. The highest BCUT2D eigenvalue weighted by atomic mass is 16.5. The van der Waals surface area contributed by atoms with Gasteiger partial charge in [-0.3, -0.25) is 9.97 Å². The van der Waals surface area contributed by atoms with E-state index in [1.54, 1.807) is 19.5 Å². The number of benzene rings is 1. The van der Waals surface area contributed by atoms with Crippen molar-refractivity contribution in [2.24, 2.45) is 0 Å². The first-order chi connectivity index (χ1) is 11.3. The van der Waals surface area contributed by atoms with E-state index in [2.05, 4.69) is 47.2 Å². The number of aromatic nitrogens is 2. The van der Waals surface area contributed by atoms with Crippen LogP contribution in [-0.2, 0) is 12.8 Å². The molecule has 3 rings (SSSR count). The molecule has 0 N–H and O–H groups in total. The van der Waals surface area contributed by atoms with Crippen molar-refractivity contribution in [2.75, 3.05) is 7.11 Å². The molecule has 0 fully saturated rings. The molecule has 3 heteroatoms. The average Bonchev–Trinajstić information content (AvgIpc) is 2.63. The summed E-state index contributed by atoms with van der Waals surface area (Å²) in [5.74, 6) is 0.767. The van der Waals surface area contributed by atoms with E-state index in [-0.39, 0.29) is 0 Å². The van der Waals surface area contributed by atoms with Crippen LogP contribution < -0.4 is 4.74 Å². The van der Waals surface area contributed by atoms with E-state index < -0.39 is 0 Å². The number of aryl methyl sites for hydroxylation is 1. The van der Waals surface area contributed by atoms with E-state index in [1.807, 2.05) is 18.3 Å². The summed E-state index contributed by atoms with van der Waals surface area (Å²) < 4.78 is 5.44. The van der Waals surface area contributed by atoms with E-state index >= 15 is 0 Å². The van der Waals surface area contributed by atoms with Crippen LogP contribution in [0, 0.1) is 0 Å². The van der Waals surface area contributed by atoms with Gasteiger partial charge in [0.05, 0.1) is 19.0 Å². The zero-order valence-electron chi connectivity index (χ0n) is 13.5. The Balaban J connectivity index is 1.97. The molecular weight excluding hydrogens is 284 g/mol. The van der Waals surface area contributed by atoms with Gasteiger partial charge in [0.2, 0.25) is 0 Å². The third-order valence-corrected chi connectivity index (χ3v) is 3.99. The molecule has 2 aromatic heterocycles. The SMILES string of the molecule is CCc1ccc(Cc2ncccc2-c2ccncc2OC)cc1. The second-order valence-electron chi connectivity index (χ2n) is 5.42. The molecule has 0 aliphatic carbocycles. The van der Waals surface area contributed by atoms with E-state index in [4.69, 9.17) is 4.74 Å². The van der Waals surface area contributed by atoms with Crippen molar-refractivity contribution >= 4 is 0 Å². The lowest BCUT2D eigenvalue weighted by molar-refractivity contribution is 0.414. The van der Waals surface area contributed by atoms with Crippen molar-refractivity contribution in [3.8, 4) is 16.9 Å². The Morgan fingerprint density at radius 3 is 2.43 bits per heavy atom. The Kier molecular flexibility index (Phi) is 4.67. The van der Waals surface area contributed by atoms with Crippen molar-refractivity contribution in [3.63, 3.8) is 0 Å². The summed E-state index contributed by atoms with van der Waals surface area (Å²) in [6, 6.07) is 14.7. The van der Waals surface area contributed by atoms with Gasteiger partial charge in [0.1, 0.15) is 5.75 Å². The van der Waals surface area contributed by atoms with Crippen molar-refractivity contribution < 1.29 is 4.74 Å². The average molecular weight is 304 g/mol. The molecule has 0 aliphatic heterocycles. The number of pyridine rings is 2. The Morgan fingerprint density at radius 2 is 1.70 bits per heavy atom. The van der Waals surface area contributed by atoms with Gasteiger partial charge in [-0.2, -0.15) is 0 Å². The summed E-state index contributed by atoms with van der Waals surface area (Å²) in [6.45, 7) is 2.17. The van der Waals surface area contributed by atoms with Crippen LogP contribution in [0.3, 0.4) is 0 Å².